The fourth-order valence-corrected chi connectivity index (χ4v) is 7.68. The van der Waals surface area contributed by atoms with Crippen LogP contribution in [-0.4, -0.2) is 193 Å². The molecule has 0 radical (unpaired) electrons. The second-order valence-electron chi connectivity index (χ2n) is 17.1. The number of hydrogen-bond acceptors (Lipinski definition) is 17. The summed E-state index contributed by atoms with van der Waals surface area (Å²) in [6.45, 7) is 8.55. The highest BCUT2D eigenvalue weighted by Crippen LogP contribution is 2.41. The molecule has 0 bridgehead atoms. The van der Waals surface area contributed by atoms with Gasteiger partial charge in [0.05, 0.1) is 39.1 Å². The predicted octanol–water partition coefficient (Wildman–Crippen LogP) is -1.84. The quantitative estimate of drug-likeness (QED) is 0.0261. The molecule has 2 amide bonds. The summed E-state index contributed by atoms with van der Waals surface area (Å²) in [5.74, 6) is -2.37. The molecule has 2 fully saturated rings. The van der Waals surface area contributed by atoms with Crippen molar-refractivity contribution in [2.75, 3.05) is 40.0 Å². The Labute approximate surface area is 362 Å². The van der Waals surface area contributed by atoms with E-state index in [4.69, 9.17) is 19.0 Å². The summed E-state index contributed by atoms with van der Waals surface area (Å²) < 4.78 is 16.4. The molecule has 1 heterocycles. The van der Waals surface area contributed by atoms with Gasteiger partial charge in [-0.05, 0) is 69.4 Å². The summed E-state index contributed by atoms with van der Waals surface area (Å²) >= 11 is 0. The van der Waals surface area contributed by atoms with E-state index in [9.17, 15) is 65.8 Å². The van der Waals surface area contributed by atoms with Crippen molar-refractivity contribution in [3.63, 3.8) is 0 Å². The molecule has 12 N–H and O–H groups in total. The highest BCUT2D eigenvalue weighted by molar-refractivity contribution is 5.87. The van der Waals surface area contributed by atoms with E-state index in [-0.39, 0.29) is 31.3 Å². The first-order chi connectivity index (χ1) is 29.1. The summed E-state index contributed by atoms with van der Waals surface area (Å²) in [6, 6.07) is 0. The van der Waals surface area contributed by atoms with Gasteiger partial charge in [-0.25, -0.2) is 5.06 Å². The van der Waals surface area contributed by atoms with Crippen LogP contribution in [0.15, 0.2) is 58.7 Å². The van der Waals surface area contributed by atoms with E-state index >= 15 is 0 Å². The summed E-state index contributed by atoms with van der Waals surface area (Å²) in [5, 5.41) is 116. The monoisotopic (exact) mass is 886 g/mol. The van der Waals surface area contributed by atoms with Crippen molar-refractivity contribution in [3.05, 3.63) is 58.7 Å². The molecular formula is C43H70N2O17. The van der Waals surface area contributed by atoms with Crippen molar-refractivity contribution < 1.29 is 84.8 Å². The largest absolute Gasteiger partial charge is 0.396 e. The molecule has 1 aliphatic heterocycles. The number of aliphatic hydroxyl groups is 11. The van der Waals surface area contributed by atoms with E-state index in [1.54, 1.807) is 13.0 Å². The summed E-state index contributed by atoms with van der Waals surface area (Å²) in [5.41, 5.74) is 4.65. The lowest BCUT2D eigenvalue weighted by Gasteiger charge is -2.43. The van der Waals surface area contributed by atoms with Crippen LogP contribution in [0.5, 0.6) is 0 Å². The normalized spacial score (nSPS) is 31.9. The molecule has 62 heavy (non-hydrogen) atoms. The van der Waals surface area contributed by atoms with E-state index in [1.165, 1.54) is 30.8 Å². The third kappa shape index (κ3) is 14.8. The Balaban J connectivity index is 1.43. The zero-order valence-electron chi connectivity index (χ0n) is 36.4. The van der Waals surface area contributed by atoms with Crippen LogP contribution in [-0.2, 0) is 28.6 Å². The number of hydrogen-bond donors (Lipinski definition) is 12. The molecule has 354 valence electrons. The molecule has 14 atom stereocenters. The minimum absolute atomic E-state index is 0.0453. The first kappa shape index (κ1) is 53.4. The van der Waals surface area contributed by atoms with E-state index < -0.39 is 117 Å². The number of hydroxylamine groups is 2. The molecule has 2 aliphatic carbocycles. The Bertz CT molecular complexity index is 1600. The van der Waals surface area contributed by atoms with Crippen LogP contribution in [0.1, 0.15) is 66.7 Å². The highest BCUT2D eigenvalue weighted by Gasteiger charge is 2.47. The van der Waals surface area contributed by atoms with Crippen LogP contribution < -0.4 is 5.32 Å². The van der Waals surface area contributed by atoms with Gasteiger partial charge < -0.3 is 75.7 Å². The third-order valence-electron chi connectivity index (χ3n) is 11.7. The number of carbonyl (C=O) groups is 2. The van der Waals surface area contributed by atoms with Crippen molar-refractivity contribution in [2.24, 2.45) is 11.3 Å². The van der Waals surface area contributed by atoms with Gasteiger partial charge in [0.2, 0.25) is 0 Å². The Morgan fingerprint density at radius 2 is 1.60 bits per heavy atom. The number of nitrogens with zero attached hydrogens (tertiary/aromatic N) is 1. The first-order valence-corrected chi connectivity index (χ1v) is 21.0. The number of carbonyl (C=O) groups excluding carboxylic acids is 2. The molecule has 0 spiro atoms. The van der Waals surface area contributed by atoms with Crippen molar-refractivity contribution in [3.8, 4) is 0 Å². The molecule has 3 aliphatic rings. The Kier molecular flexibility index (Phi) is 21.5. The molecular weight excluding hydrogens is 816 g/mol. The number of nitrogens with one attached hydrogen (secondary N) is 1. The van der Waals surface area contributed by atoms with Crippen LogP contribution in [0.4, 0.5) is 0 Å². The van der Waals surface area contributed by atoms with Crippen LogP contribution >= 0.6 is 0 Å². The first-order valence-electron chi connectivity index (χ1n) is 21.0. The van der Waals surface area contributed by atoms with Crippen LogP contribution in [0, 0.1) is 11.3 Å². The number of aliphatic hydroxyl groups excluding tert-OH is 11. The van der Waals surface area contributed by atoms with Gasteiger partial charge in [0.1, 0.15) is 54.9 Å². The zero-order chi connectivity index (χ0) is 46.5. The van der Waals surface area contributed by atoms with Crippen LogP contribution in [0.2, 0.25) is 0 Å². The average molecular weight is 887 g/mol. The lowest BCUT2D eigenvalue weighted by Crippen LogP contribution is -2.61. The lowest BCUT2D eigenvalue weighted by atomic mass is 9.72. The molecule has 0 aromatic carbocycles. The molecule has 19 nitrogen and oxygen atoms in total. The maximum atomic E-state index is 12.8. The smallest absolute Gasteiger partial charge is 0.270 e. The Morgan fingerprint density at radius 3 is 2.24 bits per heavy atom. The maximum Gasteiger partial charge on any atom is 0.270 e. The number of amides is 2. The van der Waals surface area contributed by atoms with Crippen molar-refractivity contribution >= 4 is 11.8 Å². The van der Waals surface area contributed by atoms with Gasteiger partial charge in [0.15, 0.2) is 12.4 Å². The minimum atomic E-state index is -2.23. The van der Waals surface area contributed by atoms with Crippen molar-refractivity contribution in [2.45, 2.75) is 146 Å². The summed E-state index contributed by atoms with van der Waals surface area (Å²) in [7, 11) is 1.31. The predicted molar refractivity (Wildman–Crippen MR) is 222 cm³/mol. The molecule has 0 aromatic rings. The fraction of sp³-hybridized carbons (Fsp3) is 0.721. The van der Waals surface area contributed by atoms with Crippen molar-refractivity contribution in [1.82, 2.24) is 10.4 Å². The highest BCUT2D eigenvalue weighted by atomic mass is 16.7. The number of ether oxygens (including phenoxy) is 3. The Morgan fingerprint density at radius 1 is 0.919 bits per heavy atom. The van der Waals surface area contributed by atoms with Crippen molar-refractivity contribution in [1.29, 1.82) is 0 Å². The van der Waals surface area contributed by atoms with E-state index in [1.807, 2.05) is 19.1 Å². The lowest BCUT2D eigenvalue weighted by molar-refractivity contribution is -0.312. The van der Waals surface area contributed by atoms with Gasteiger partial charge in [0.25, 0.3) is 11.8 Å². The van der Waals surface area contributed by atoms with E-state index in [0.29, 0.717) is 5.57 Å². The fourth-order valence-electron chi connectivity index (χ4n) is 7.68. The second-order valence-corrected chi connectivity index (χ2v) is 17.1. The topological polar surface area (TPSA) is 309 Å². The third-order valence-corrected chi connectivity index (χ3v) is 11.7. The van der Waals surface area contributed by atoms with Gasteiger partial charge in [-0.15, -0.1) is 0 Å². The minimum Gasteiger partial charge on any atom is -0.396 e. The molecule has 1 saturated carbocycles. The van der Waals surface area contributed by atoms with Gasteiger partial charge in [-0.1, -0.05) is 55.4 Å². The maximum absolute atomic E-state index is 12.8. The van der Waals surface area contributed by atoms with Gasteiger partial charge >= 0.3 is 0 Å². The molecule has 19 heteroatoms. The zero-order valence-corrected chi connectivity index (χ0v) is 36.4. The molecule has 0 aromatic heterocycles. The average Bonchev–Trinajstić information content (AvgIpc) is 3.23. The summed E-state index contributed by atoms with van der Waals surface area (Å²) in [6.07, 6.45) is -8.10. The molecule has 1 saturated heterocycles. The SMILES string of the molecule is CON(CCCNC(=O)[C@H](O)[C@@H](O)[C@H](O)[C@H](O)CO[C@H]1O[C@H](CO[C@H]2C[C@H](CO)[C@@H](O)[C@H](O)[C@H]2O)[C@@H](O)[C@H](O)[C@H]1O)C(=O)/C=C(C)/C=C/C=C(C)/C=C/C1=C(C)CCCC1(C)C. The van der Waals surface area contributed by atoms with E-state index in [2.05, 4.69) is 38.2 Å². The Hall–Kier alpha value is -2.96. The van der Waals surface area contributed by atoms with E-state index in [0.717, 1.165) is 23.5 Å². The second kappa shape index (κ2) is 24.9. The number of allylic oxidation sites excluding steroid dienone is 9. The number of rotatable bonds is 21. The van der Waals surface area contributed by atoms with Gasteiger partial charge in [-0.3, -0.25) is 14.4 Å². The summed E-state index contributed by atoms with van der Waals surface area (Å²) in [4.78, 5) is 30.6. The molecule has 0 unspecified atom stereocenters. The standard InChI is InChI=1S/C43H70N2O17/c1-23(13-14-27-25(3)12-8-15-43(27,4)5)10-7-11-24(2)18-31(48)45(59-6)17-9-16-44-41(58)39(56)37(54)33(50)28(47)21-61-42-40(57)38(55)35(52)30(62-42)22-60-29-19-26(20-46)32(49)36(53)34(29)51/h7,10-11,13-14,18,26,28-30,32-40,42,46-47,49-57H,8-9,12,15-17,19-22H2,1-6H3,(H,44,58)/b11-7+,14-13+,23-10+,24-18+/t26-,28-,29+,30-,32-,33-,34+,35-,36+,37+,38+,39-,40-,42+/m1/s1. The molecule has 3 rings (SSSR count). The van der Waals surface area contributed by atoms with Crippen LogP contribution in [0.25, 0.3) is 0 Å². The van der Waals surface area contributed by atoms with Gasteiger partial charge in [0, 0.05) is 25.1 Å². The van der Waals surface area contributed by atoms with Crippen LogP contribution in [0.3, 0.4) is 0 Å². The van der Waals surface area contributed by atoms with Gasteiger partial charge in [-0.2, -0.15) is 0 Å².